The molecule has 8 fully saturated rings. The topological polar surface area (TPSA) is 326 Å². The maximum Gasteiger partial charge on any atom is 0.186 e. The predicted octanol–water partition coefficient (Wildman–Crippen LogP) is -1.73. The average Bonchev–Trinajstić information content (AvgIpc) is 3.83. The van der Waals surface area contributed by atoms with Crippen LogP contribution in [-0.2, 0) is 42.6 Å². The predicted molar refractivity (Wildman–Crippen MR) is 238 cm³/mol. The molecule has 0 aromatic heterocycles. The lowest BCUT2D eigenvalue weighted by Crippen LogP contribution is -2.64. The summed E-state index contributed by atoms with van der Waals surface area (Å²) in [6.45, 7) is 7.86. The monoisotopic (exact) mass is 1000 g/mol. The lowest BCUT2D eigenvalue weighted by Gasteiger charge is -2.61. The molecule has 5 heterocycles. The fraction of sp³-hybridized carbons (Fsp3) is 0.959. The lowest BCUT2D eigenvalue weighted by molar-refractivity contribution is -0.362. The maximum atomic E-state index is 11.6. The van der Waals surface area contributed by atoms with Crippen LogP contribution in [0.25, 0.3) is 0 Å². The molecule has 70 heavy (non-hydrogen) atoms. The second-order valence-electron chi connectivity index (χ2n) is 22.8. The molecule has 28 unspecified atom stereocenters. The van der Waals surface area contributed by atoms with E-state index in [1.165, 1.54) is 5.57 Å². The van der Waals surface area contributed by atoms with Crippen LogP contribution in [-0.4, -0.2) is 217 Å². The van der Waals surface area contributed by atoms with Crippen molar-refractivity contribution in [3.05, 3.63) is 11.3 Å². The minimum atomic E-state index is -1.71. The summed E-state index contributed by atoms with van der Waals surface area (Å²) in [6.07, 6.45) is -16.8. The Morgan fingerprint density at radius 3 is 1.99 bits per heavy atom. The van der Waals surface area contributed by atoms with Crippen LogP contribution in [0, 0.1) is 46.3 Å². The zero-order chi connectivity index (χ0) is 50.1. The van der Waals surface area contributed by atoms with Crippen molar-refractivity contribution in [1.29, 1.82) is 0 Å². The first-order chi connectivity index (χ1) is 33.2. The number of aliphatic hydroxyl groups excluding tert-OH is 12. The minimum Gasteiger partial charge on any atom is -0.494 e. The summed E-state index contributed by atoms with van der Waals surface area (Å²) in [4.78, 5) is 0. The van der Waals surface area contributed by atoms with Gasteiger partial charge < -0.3 is 104 Å². The van der Waals surface area contributed by atoms with E-state index in [1.54, 1.807) is 0 Å². The van der Waals surface area contributed by atoms with E-state index in [1.807, 2.05) is 6.92 Å². The molecule has 12 N–H and O–H groups in total. The summed E-state index contributed by atoms with van der Waals surface area (Å²) in [5.74, 6) is 3.46. The van der Waals surface area contributed by atoms with Gasteiger partial charge in [0, 0.05) is 12.3 Å². The molecule has 4 saturated carbocycles. The summed E-state index contributed by atoms with van der Waals surface area (Å²) in [6, 6.07) is 0. The van der Waals surface area contributed by atoms with E-state index in [4.69, 9.17) is 42.6 Å². The Labute approximate surface area is 408 Å². The van der Waals surface area contributed by atoms with Crippen molar-refractivity contribution in [3.8, 4) is 0 Å². The van der Waals surface area contributed by atoms with Gasteiger partial charge in [0.25, 0.3) is 0 Å². The Morgan fingerprint density at radius 2 is 1.27 bits per heavy atom. The van der Waals surface area contributed by atoms with Crippen molar-refractivity contribution < 1.29 is 104 Å². The Balaban J connectivity index is 0.800. The zero-order valence-electron chi connectivity index (χ0n) is 40.7. The molecular formula is C49H80O21. The van der Waals surface area contributed by atoms with Crippen LogP contribution in [0.2, 0.25) is 0 Å². The quantitative estimate of drug-likeness (QED) is 0.0861. The molecular weight excluding hydrogens is 925 g/mol. The molecule has 28 atom stereocenters. The molecule has 4 saturated heterocycles. The van der Waals surface area contributed by atoms with E-state index >= 15 is 0 Å². The van der Waals surface area contributed by atoms with Crippen LogP contribution in [0.5, 0.6) is 0 Å². The van der Waals surface area contributed by atoms with E-state index in [2.05, 4.69) is 20.8 Å². The van der Waals surface area contributed by atoms with Crippen molar-refractivity contribution in [1.82, 2.24) is 0 Å². The van der Waals surface area contributed by atoms with Gasteiger partial charge in [0.15, 0.2) is 25.2 Å². The molecule has 9 aliphatic rings. The third-order valence-corrected chi connectivity index (χ3v) is 18.7. The van der Waals surface area contributed by atoms with Crippen molar-refractivity contribution in [2.75, 3.05) is 33.0 Å². The van der Waals surface area contributed by atoms with Crippen LogP contribution >= 0.6 is 0 Å². The first-order valence-electron chi connectivity index (χ1n) is 25.8. The van der Waals surface area contributed by atoms with Crippen molar-refractivity contribution in [2.24, 2.45) is 46.3 Å². The third kappa shape index (κ3) is 9.89. The number of hydrogen-bond donors (Lipinski definition) is 12. The molecule has 0 spiro atoms. The van der Waals surface area contributed by atoms with Crippen LogP contribution < -0.4 is 0 Å². The molecule has 0 aromatic rings. The van der Waals surface area contributed by atoms with E-state index in [-0.39, 0.29) is 48.8 Å². The van der Waals surface area contributed by atoms with Gasteiger partial charge in [-0.25, -0.2) is 0 Å². The standard InChI is InChI=1S/C49H80O21/c1-20(16-62-45-41(60)37(56)36(55)31(15-50)68-45)5-8-29-21(2)33-30(67-29)14-26-24-7-6-22-13-23(9-11-48(22,3)25(24)10-12-49(26,33)4)66-47-42(61)38(57)43(70-46-40(59)35(54)28(52)18-64-46)32(69-47)19-65-44-39(58)34(53)27(51)17-63-44/h20,22-28,30-47,50-61H,5-19H2,1-4H3. The summed E-state index contributed by atoms with van der Waals surface area (Å²) in [5, 5.41) is 125. The van der Waals surface area contributed by atoms with Gasteiger partial charge in [-0.2, -0.15) is 0 Å². The highest BCUT2D eigenvalue weighted by molar-refractivity contribution is 5.27. The van der Waals surface area contributed by atoms with Gasteiger partial charge in [-0.15, -0.1) is 0 Å². The fourth-order valence-electron chi connectivity index (χ4n) is 14.5. The van der Waals surface area contributed by atoms with Crippen molar-refractivity contribution in [3.63, 3.8) is 0 Å². The fourth-order valence-corrected chi connectivity index (χ4v) is 14.5. The average molecular weight is 1010 g/mol. The summed E-state index contributed by atoms with van der Waals surface area (Å²) in [5.41, 5.74) is 1.53. The van der Waals surface area contributed by atoms with Gasteiger partial charge >= 0.3 is 0 Å². The maximum absolute atomic E-state index is 11.6. The molecule has 0 amide bonds. The van der Waals surface area contributed by atoms with Gasteiger partial charge in [-0.3, -0.25) is 0 Å². The van der Waals surface area contributed by atoms with Gasteiger partial charge in [0.1, 0.15) is 91.6 Å². The highest BCUT2D eigenvalue weighted by Gasteiger charge is 2.65. The van der Waals surface area contributed by atoms with E-state index < -0.39 is 124 Å². The number of ether oxygens (including phenoxy) is 9. The van der Waals surface area contributed by atoms with Crippen LogP contribution in [0.4, 0.5) is 0 Å². The molecule has 5 aliphatic heterocycles. The first-order valence-corrected chi connectivity index (χ1v) is 25.8. The third-order valence-electron chi connectivity index (χ3n) is 18.7. The number of aliphatic hydroxyl groups is 12. The molecule has 402 valence electrons. The highest BCUT2D eigenvalue weighted by atomic mass is 16.8. The number of allylic oxidation sites excluding steroid dienone is 1. The number of hydrogen-bond acceptors (Lipinski definition) is 21. The zero-order valence-corrected chi connectivity index (χ0v) is 40.7. The van der Waals surface area contributed by atoms with E-state index in [0.29, 0.717) is 36.0 Å². The molecule has 9 rings (SSSR count). The molecule has 0 radical (unpaired) electrons. The SMILES string of the molecule is CC1=C(CCC(C)COC2OC(CO)C(O)C(O)C2O)OC2CC3C4CCC5CC(OC6OC(COC7OCC(O)C(O)C7O)C(OC7OCC(O)C(O)C7O)C(O)C6O)CCC5(C)C4CCC3(C)C12. The second-order valence-corrected chi connectivity index (χ2v) is 22.8. The van der Waals surface area contributed by atoms with E-state index in [0.717, 1.165) is 63.5 Å². The van der Waals surface area contributed by atoms with Crippen LogP contribution in [0.15, 0.2) is 11.3 Å². The molecule has 0 bridgehead atoms. The Morgan fingerprint density at radius 1 is 0.629 bits per heavy atom. The summed E-state index contributed by atoms with van der Waals surface area (Å²) < 4.78 is 53.6. The van der Waals surface area contributed by atoms with Crippen LogP contribution in [0.1, 0.15) is 91.9 Å². The van der Waals surface area contributed by atoms with Gasteiger partial charge in [-0.05, 0) is 111 Å². The van der Waals surface area contributed by atoms with Crippen molar-refractivity contribution >= 4 is 0 Å². The number of fused-ring (bicyclic) bond motifs is 7. The van der Waals surface area contributed by atoms with E-state index in [9.17, 15) is 61.3 Å². The summed E-state index contributed by atoms with van der Waals surface area (Å²) >= 11 is 0. The molecule has 21 heteroatoms. The minimum absolute atomic E-state index is 0.0747. The Bertz CT molecular complexity index is 1790. The van der Waals surface area contributed by atoms with Crippen LogP contribution in [0.3, 0.4) is 0 Å². The highest BCUT2D eigenvalue weighted by Crippen LogP contribution is 2.70. The number of rotatable bonds is 14. The van der Waals surface area contributed by atoms with Gasteiger partial charge in [0.2, 0.25) is 0 Å². The molecule has 21 nitrogen and oxygen atoms in total. The van der Waals surface area contributed by atoms with Gasteiger partial charge in [-0.1, -0.05) is 20.8 Å². The van der Waals surface area contributed by atoms with Gasteiger partial charge in [0.05, 0.1) is 44.9 Å². The smallest absolute Gasteiger partial charge is 0.186 e. The summed E-state index contributed by atoms with van der Waals surface area (Å²) in [7, 11) is 0. The largest absolute Gasteiger partial charge is 0.494 e. The first kappa shape index (κ1) is 53.6. The Kier molecular flexibility index (Phi) is 16.4. The van der Waals surface area contributed by atoms with Crippen molar-refractivity contribution in [2.45, 2.75) is 215 Å². The molecule has 4 aliphatic carbocycles. The second kappa shape index (κ2) is 21.4. The molecule has 0 aromatic carbocycles. The lowest BCUT2D eigenvalue weighted by atomic mass is 9.44. The normalized spacial score (nSPS) is 53.1. The Hall–Kier alpha value is -1.26.